The van der Waals surface area contributed by atoms with Crippen molar-refractivity contribution in [1.82, 2.24) is 9.97 Å². The first-order valence-corrected chi connectivity index (χ1v) is 11.0. The maximum Gasteiger partial charge on any atom is 0.573 e. The van der Waals surface area contributed by atoms with Gasteiger partial charge in [-0.3, -0.25) is 4.90 Å². The van der Waals surface area contributed by atoms with Gasteiger partial charge in [0, 0.05) is 25.6 Å². The molecule has 0 saturated heterocycles. The average molecular weight is 478 g/mol. The van der Waals surface area contributed by atoms with Crippen molar-refractivity contribution in [2.45, 2.75) is 44.9 Å². The summed E-state index contributed by atoms with van der Waals surface area (Å²) in [5.41, 5.74) is 2.71. The van der Waals surface area contributed by atoms with Crippen LogP contribution in [0.1, 0.15) is 44.4 Å². The van der Waals surface area contributed by atoms with E-state index in [0.717, 1.165) is 37.1 Å². The molecule has 1 aliphatic carbocycles. The molecule has 4 rings (SSSR count). The van der Waals surface area contributed by atoms with Crippen LogP contribution < -0.4 is 9.64 Å². The number of carboxylic acid groups (broad SMARTS) is 1. The summed E-state index contributed by atoms with van der Waals surface area (Å²) in [6.07, 6.45) is -2.35. The number of amides is 1. The first-order chi connectivity index (χ1) is 16.2. The van der Waals surface area contributed by atoms with Crippen LogP contribution in [0.2, 0.25) is 0 Å². The largest absolute Gasteiger partial charge is 0.573 e. The molecular weight excluding hydrogens is 447 g/mol. The van der Waals surface area contributed by atoms with E-state index in [2.05, 4.69) is 27.9 Å². The van der Waals surface area contributed by atoms with E-state index in [9.17, 15) is 23.1 Å². The topological polar surface area (TPSA) is 78.5 Å². The SMILES string of the molecule is C=C.Cc1ccccc1N(CC1CCC(c2nc3ccc(OC(F)(F)F)cc3[nH]2)CC1)C(=O)O.[HH]. The van der Waals surface area contributed by atoms with Crippen LogP contribution in [-0.4, -0.2) is 34.1 Å². The van der Waals surface area contributed by atoms with Gasteiger partial charge < -0.3 is 14.8 Å². The zero-order valence-corrected chi connectivity index (χ0v) is 18.9. The summed E-state index contributed by atoms with van der Waals surface area (Å²) in [4.78, 5) is 21.0. The lowest BCUT2D eigenvalue weighted by Crippen LogP contribution is -2.36. The molecule has 9 heteroatoms. The molecule has 0 spiro atoms. The number of nitrogens with zero attached hydrogens (tertiary/aromatic N) is 2. The second kappa shape index (κ2) is 10.6. The molecule has 1 heterocycles. The molecule has 0 radical (unpaired) electrons. The lowest BCUT2D eigenvalue weighted by atomic mass is 9.81. The Labute approximate surface area is 197 Å². The Morgan fingerprint density at radius 1 is 1.21 bits per heavy atom. The van der Waals surface area contributed by atoms with Crippen molar-refractivity contribution in [2.75, 3.05) is 11.4 Å². The minimum atomic E-state index is -4.74. The van der Waals surface area contributed by atoms with Gasteiger partial charge in [-0.1, -0.05) is 18.2 Å². The van der Waals surface area contributed by atoms with E-state index in [1.54, 1.807) is 0 Å². The van der Waals surface area contributed by atoms with Gasteiger partial charge in [0.15, 0.2) is 0 Å². The molecule has 0 aliphatic heterocycles. The first-order valence-electron chi connectivity index (χ1n) is 11.0. The summed E-state index contributed by atoms with van der Waals surface area (Å²) >= 11 is 0. The number of carbonyl (C=O) groups is 1. The van der Waals surface area contributed by atoms with Gasteiger partial charge in [-0.05, 0) is 62.3 Å². The molecule has 1 aromatic heterocycles. The highest BCUT2D eigenvalue weighted by Gasteiger charge is 2.31. The smallest absolute Gasteiger partial charge is 0.465 e. The lowest BCUT2D eigenvalue weighted by molar-refractivity contribution is -0.274. The van der Waals surface area contributed by atoms with Crippen LogP contribution >= 0.6 is 0 Å². The van der Waals surface area contributed by atoms with Crippen LogP contribution in [-0.2, 0) is 0 Å². The van der Waals surface area contributed by atoms with Crippen molar-refractivity contribution in [2.24, 2.45) is 5.92 Å². The number of hydrogen-bond acceptors (Lipinski definition) is 3. The van der Waals surface area contributed by atoms with E-state index >= 15 is 0 Å². The minimum Gasteiger partial charge on any atom is -0.465 e. The molecule has 1 saturated carbocycles. The number of para-hydroxylation sites is 1. The molecule has 1 amide bonds. The number of alkyl halides is 3. The predicted molar refractivity (Wildman–Crippen MR) is 127 cm³/mol. The molecular formula is C25H30F3N3O3. The first kappa shape index (κ1) is 25.1. The monoisotopic (exact) mass is 477 g/mol. The molecule has 6 nitrogen and oxygen atoms in total. The van der Waals surface area contributed by atoms with E-state index in [1.807, 2.05) is 31.2 Å². The van der Waals surface area contributed by atoms with Crippen molar-refractivity contribution < 1.29 is 29.2 Å². The predicted octanol–water partition coefficient (Wildman–Crippen LogP) is 7.28. The minimum absolute atomic E-state index is 0. The zero-order valence-electron chi connectivity index (χ0n) is 18.9. The second-order valence-corrected chi connectivity index (χ2v) is 8.25. The standard InChI is InChI=1S/C23H24F3N3O3.C2H4.H2/c1-14-4-2-3-5-20(14)29(22(30)31)13-15-6-8-16(9-7-15)21-27-18-11-10-17(12-19(18)28-21)32-23(24,25)26;1-2;/h2-5,10-12,15-16H,6-9,13H2,1H3,(H,27,28)(H,30,31);1-2H2;1H. The van der Waals surface area contributed by atoms with Crippen LogP contribution in [0.25, 0.3) is 11.0 Å². The number of nitrogens with one attached hydrogen (secondary N) is 1. The normalized spacial score (nSPS) is 18.1. The quantitative estimate of drug-likeness (QED) is 0.379. The van der Waals surface area contributed by atoms with Crippen molar-refractivity contribution in [1.29, 1.82) is 0 Å². The Hall–Kier alpha value is -3.49. The molecule has 1 fully saturated rings. The van der Waals surface area contributed by atoms with E-state index in [4.69, 9.17) is 0 Å². The fourth-order valence-corrected chi connectivity index (χ4v) is 4.42. The van der Waals surface area contributed by atoms with Crippen molar-refractivity contribution >= 4 is 22.8 Å². The van der Waals surface area contributed by atoms with E-state index in [1.165, 1.54) is 23.1 Å². The number of ether oxygens (including phenoxy) is 1. The Morgan fingerprint density at radius 3 is 2.50 bits per heavy atom. The number of benzene rings is 2. The fraction of sp³-hybridized carbons (Fsp3) is 0.360. The van der Waals surface area contributed by atoms with Gasteiger partial charge in [0.2, 0.25) is 0 Å². The third kappa shape index (κ3) is 6.09. The van der Waals surface area contributed by atoms with E-state index in [0.29, 0.717) is 23.3 Å². The summed E-state index contributed by atoms with van der Waals surface area (Å²) < 4.78 is 41.3. The summed E-state index contributed by atoms with van der Waals surface area (Å²) in [6.45, 7) is 8.33. The van der Waals surface area contributed by atoms with Crippen LogP contribution in [0.15, 0.2) is 55.6 Å². The van der Waals surface area contributed by atoms with Gasteiger partial charge in [0.05, 0.1) is 11.0 Å². The van der Waals surface area contributed by atoms with Crippen LogP contribution in [0.5, 0.6) is 5.75 Å². The molecule has 0 bridgehead atoms. The molecule has 2 aromatic carbocycles. The number of halogens is 3. The van der Waals surface area contributed by atoms with Gasteiger partial charge in [0.25, 0.3) is 0 Å². The summed E-state index contributed by atoms with van der Waals surface area (Å²) in [5, 5.41) is 9.72. The maximum absolute atomic E-state index is 12.5. The van der Waals surface area contributed by atoms with Crippen molar-refractivity contribution in [3.8, 4) is 5.75 Å². The highest BCUT2D eigenvalue weighted by atomic mass is 19.4. The van der Waals surface area contributed by atoms with Crippen LogP contribution in [0.3, 0.4) is 0 Å². The van der Waals surface area contributed by atoms with Gasteiger partial charge in [0.1, 0.15) is 11.6 Å². The van der Waals surface area contributed by atoms with Crippen molar-refractivity contribution in [3.05, 3.63) is 67.0 Å². The van der Waals surface area contributed by atoms with Crippen LogP contribution in [0.4, 0.5) is 23.7 Å². The van der Waals surface area contributed by atoms with Gasteiger partial charge >= 0.3 is 12.5 Å². The number of imidazole rings is 1. The molecule has 0 unspecified atom stereocenters. The molecule has 184 valence electrons. The summed E-state index contributed by atoms with van der Waals surface area (Å²) in [6, 6.07) is 11.5. The highest BCUT2D eigenvalue weighted by Crippen LogP contribution is 2.37. The van der Waals surface area contributed by atoms with Crippen LogP contribution in [0, 0.1) is 12.8 Å². The summed E-state index contributed by atoms with van der Waals surface area (Å²) in [5.74, 6) is 0.853. The number of fused-ring (bicyclic) bond motifs is 1. The Bertz CT molecular complexity index is 1130. The fourth-order valence-electron chi connectivity index (χ4n) is 4.42. The van der Waals surface area contributed by atoms with Gasteiger partial charge in [-0.25, -0.2) is 9.78 Å². The third-order valence-corrected chi connectivity index (χ3v) is 6.02. The molecule has 34 heavy (non-hydrogen) atoms. The van der Waals surface area contributed by atoms with Crippen molar-refractivity contribution in [3.63, 3.8) is 0 Å². The molecule has 3 aromatic rings. The highest BCUT2D eigenvalue weighted by molar-refractivity contribution is 5.87. The Balaban J connectivity index is 0.00000140. The second-order valence-electron chi connectivity index (χ2n) is 8.25. The number of anilines is 1. The Morgan fingerprint density at radius 2 is 1.88 bits per heavy atom. The number of H-pyrrole nitrogens is 1. The molecule has 1 aliphatic rings. The number of aromatic nitrogens is 2. The zero-order chi connectivity index (χ0) is 24.9. The Kier molecular flexibility index (Phi) is 7.86. The maximum atomic E-state index is 12.5. The molecule has 2 N–H and O–H groups in total. The van der Waals surface area contributed by atoms with Gasteiger partial charge in [-0.15, -0.1) is 26.3 Å². The summed E-state index contributed by atoms with van der Waals surface area (Å²) in [7, 11) is 0. The number of rotatable bonds is 5. The number of aryl methyl sites for hydroxylation is 1. The number of hydrogen-bond donors (Lipinski definition) is 2. The van der Waals surface area contributed by atoms with E-state index < -0.39 is 12.5 Å². The number of aromatic amines is 1. The van der Waals surface area contributed by atoms with Gasteiger partial charge in [-0.2, -0.15) is 0 Å². The lowest BCUT2D eigenvalue weighted by Gasteiger charge is -2.31. The van der Waals surface area contributed by atoms with E-state index in [-0.39, 0.29) is 19.0 Å². The third-order valence-electron chi connectivity index (χ3n) is 6.02. The molecule has 0 atom stereocenters. The average Bonchev–Trinajstić information content (AvgIpc) is 3.22.